The van der Waals surface area contributed by atoms with Crippen molar-refractivity contribution >= 4 is 17.3 Å². The molecule has 0 saturated heterocycles. The molecule has 1 atom stereocenters. The number of nitrogens with one attached hydrogen (secondary N) is 1. The van der Waals surface area contributed by atoms with Gasteiger partial charge in [0, 0.05) is 24.8 Å². The van der Waals surface area contributed by atoms with Crippen molar-refractivity contribution in [2.45, 2.75) is 26.3 Å². The molecule has 1 unspecified atom stereocenters. The van der Waals surface area contributed by atoms with Gasteiger partial charge in [-0.3, -0.25) is 4.79 Å². The quantitative estimate of drug-likeness (QED) is 0.928. The smallest absolute Gasteiger partial charge is 0.221 e. The van der Waals surface area contributed by atoms with Crippen LogP contribution in [0.1, 0.15) is 31.0 Å². The molecule has 3 nitrogen and oxygen atoms in total. The summed E-state index contributed by atoms with van der Waals surface area (Å²) in [7, 11) is 0. The van der Waals surface area contributed by atoms with Gasteiger partial charge < -0.3 is 10.2 Å². The van der Waals surface area contributed by atoms with Gasteiger partial charge in [0.05, 0.1) is 6.04 Å². The van der Waals surface area contributed by atoms with Crippen LogP contribution < -0.4 is 10.2 Å². The van der Waals surface area contributed by atoms with E-state index in [9.17, 15) is 4.79 Å². The summed E-state index contributed by atoms with van der Waals surface area (Å²) in [5.41, 5.74) is 4.77. The number of fused-ring (bicyclic) bond motifs is 1. The molecular formula is C18H20N2O. The molecule has 0 spiro atoms. The van der Waals surface area contributed by atoms with Gasteiger partial charge in [-0.05, 0) is 36.6 Å². The standard InChI is InChI=1S/C18H20N2O/c1-13(15-6-4-3-5-7-15)20-11-10-16-8-9-17(12-18(16)20)19-14(2)21/h3-9,12-13H,10-11H2,1-2H3,(H,19,21). The lowest BCUT2D eigenvalue weighted by Crippen LogP contribution is -2.24. The van der Waals surface area contributed by atoms with Crippen molar-refractivity contribution in [3.8, 4) is 0 Å². The minimum absolute atomic E-state index is 0.0318. The van der Waals surface area contributed by atoms with Gasteiger partial charge in [-0.25, -0.2) is 0 Å². The molecule has 0 radical (unpaired) electrons. The van der Waals surface area contributed by atoms with Gasteiger partial charge in [0.25, 0.3) is 0 Å². The maximum Gasteiger partial charge on any atom is 0.221 e. The van der Waals surface area contributed by atoms with Gasteiger partial charge in [0.1, 0.15) is 0 Å². The Morgan fingerprint density at radius 3 is 2.67 bits per heavy atom. The zero-order chi connectivity index (χ0) is 14.8. The molecule has 108 valence electrons. The molecule has 0 aliphatic carbocycles. The lowest BCUT2D eigenvalue weighted by molar-refractivity contribution is -0.114. The Morgan fingerprint density at radius 2 is 1.95 bits per heavy atom. The first-order valence-electron chi connectivity index (χ1n) is 7.37. The summed E-state index contributed by atoms with van der Waals surface area (Å²) in [5.74, 6) is -0.0318. The summed E-state index contributed by atoms with van der Waals surface area (Å²) < 4.78 is 0. The molecule has 1 amide bonds. The van der Waals surface area contributed by atoms with Gasteiger partial charge in [-0.2, -0.15) is 0 Å². The number of rotatable bonds is 3. The molecule has 1 N–H and O–H groups in total. The maximum atomic E-state index is 11.2. The molecule has 3 heteroatoms. The third-order valence-electron chi connectivity index (χ3n) is 4.09. The molecule has 0 aromatic heterocycles. The second kappa shape index (κ2) is 5.60. The van der Waals surface area contributed by atoms with E-state index in [1.54, 1.807) is 0 Å². The fourth-order valence-electron chi connectivity index (χ4n) is 3.00. The second-order valence-electron chi connectivity index (χ2n) is 5.55. The molecule has 1 heterocycles. The van der Waals surface area contributed by atoms with E-state index in [0.29, 0.717) is 6.04 Å². The van der Waals surface area contributed by atoms with Crippen LogP contribution in [0.5, 0.6) is 0 Å². The van der Waals surface area contributed by atoms with E-state index in [0.717, 1.165) is 18.7 Å². The van der Waals surface area contributed by atoms with E-state index < -0.39 is 0 Å². The lowest BCUT2D eigenvalue weighted by Gasteiger charge is -2.28. The minimum Gasteiger partial charge on any atom is -0.364 e. The maximum absolute atomic E-state index is 11.2. The molecule has 0 fully saturated rings. The molecule has 0 saturated carbocycles. The summed E-state index contributed by atoms with van der Waals surface area (Å²) in [6.45, 7) is 4.79. The summed E-state index contributed by atoms with van der Waals surface area (Å²) in [4.78, 5) is 13.6. The average Bonchev–Trinajstić information content (AvgIpc) is 2.90. The van der Waals surface area contributed by atoms with Crippen LogP contribution in [0.4, 0.5) is 11.4 Å². The number of benzene rings is 2. The zero-order valence-corrected chi connectivity index (χ0v) is 12.5. The zero-order valence-electron chi connectivity index (χ0n) is 12.5. The van der Waals surface area contributed by atoms with Crippen molar-refractivity contribution in [3.63, 3.8) is 0 Å². The van der Waals surface area contributed by atoms with Crippen molar-refractivity contribution in [3.05, 3.63) is 59.7 Å². The minimum atomic E-state index is -0.0318. The largest absolute Gasteiger partial charge is 0.364 e. The van der Waals surface area contributed by atoms with E-state index in [1.165, 1.54) is 23.7 Å². The van der Waals surface area contributed by atoms with Crippen LogP contribution in [0.2, 0.25) is 0 Å². The SMILES string of the molecule is CC(=O)Nc1ccc2c(c1)N(C(C)c1ccccc1)CC2. The molecule has 1 aliphatic heterocycles. The number of amides is 1. The number of hydrogen-bond donors (Lipinski definition) is 1. The third kappa shape index (κ3) is 2.77. The molecule has 2 aromatic rings. The van der Waals surface area contributed by atoms with E-state index in [-0.39, 0.29) is 5.91 Å². The number of carbonyl (C=O) groups is 1. The van der Waals surface area contributed by atoms with Crippen molar-refractivity contribution in [1.82, 2.24) is 0 Å². The number of hydrogen-bond acceptors (Lipinski definition) is 2. The van der Waals surface area contributed by atoms with Crippen LogP contribution in [0, 0.1) is 0 Å². The van der Waals surface area contributed by atoms with E-state index in [1.807, 2.05) is 12.1 Å². The molecule has 2 aromatic carbocycles. The molecule has 21 heavy (non-hydrogen) atoms. The van der Waals surface area contributed by atoms with Gasteiger partial charge in [-0.1, -0.05) is 36.4 Å². The summed E-state index contributed by atoms with van der Waals surface area (Å²) in [5, 5.41) is 2.87. The lowest BCUT2D eigenvalue weighted by atomic mass is 10.1. The molecular weight excluding hydrogens is 260 g/mol. The first-order valence-corrected chi connectivity index (χ1v) is 7.37. The highest BCUT2D eigenvalue weighted by Crippen LogP contribution is 2.36. The summed E-state index contributed by atoms with van der Waals surface area (Å²) in [6.07, 6.45) is 1.06. The van der Waals surface area contributed by atoms with Gasteiger partial charge in [-0.15, -0.1) is 0 Å². The predicted molar refractivity (Wildman–Crippen MR) is 86.7 cm³/mol. The highest BCUT2D eigenvalue weighted by atomic mass is 16.1. The highest BCUT2D eigenvalue weighted by molar-refractivity contribution is 5.89. The van der Waals surface area contributed by atoms with Crippen LogP contribution in [0.15, 0.2) is 48.5 Å². The van der Waals surface area contributed by atoms with Crippen LogP contribution >= 0.6 is 0 Å². The monoisotopic (exact) mass is 280 g/mol. The van der Waals surface area contributed by atoms with E-state index in [2.05, 4.69) is 53.5 Å². The Hall–Kier alpha value is -2.29. The fourth-order valence-corrected chi connectivity index (χ4v) is 3.00. The first-order chi connectivity index (χ1) is 10.1. The van der Waals surface area contributed by atoms with Crippen molar-refractivity contribution < 1.29 is 4.79 Å². The molecule has 0 bridgehead atoms. The number of carbonyl (C=O) groups excluding carboxylic acids is 1. The normalized spacial score (nSPS) is 14.7. The van der Waals surface area contributed by atoms with E-state index in [4.69, 9.17) is 0 Å². The Kier molecular flexibility index (Phi) is 3.65. The second-order valence-corrected chi connectivity index (χ2v) is 5.55. The van der Waals surface area contributed by atoms with Crippen LogP contribution in [-0.4, -0.2) is 12.5 Å². The van der Waals surface area contributed by atoms with Gasteiger partial charge in [0.2, 0.25) is 5.91 Å². The highest BCUT2D eigenvalue weighted by Gasteiger charge is 2.24. The predicted octanol–water partition coefficient (Wildman–Crippen LogP) is 3.77. The Balaban J connectivity index is 1.90. The molecule has 3 rings (SSSR count). The van der Waals surface area contributed by atoms with Crippen LogP contribution in [0.25, 0.3) is 0 Å². The fraction of sp³-hybridized carbons (Fsp3) is 0.278. The van der Waals surface area contributed by atoms with Crippen molar-refractivity contribution in [2.24, 2.45) is 0 Å². The summed E-state index contributed by atoms with van der Waals surface area (Å²) in [6, 6.07) is 17.1. The summed E-state index contributed by atoms with van der Waals surface area (Å²) >= 11 is 0. The number of nitrogens with zero attached hydrogens (tertiary/aromatic N) is 1. The van der Waals surface area contributed by atoms with Gasteiger partial charge >= 0.3 is 0 Å². The van der Waals surface area contributed by atoms with Crippen molar-refractivity contribution in [1.29, 1.82) is 0 Å². The molecule has 1 aliphatic rings. The van der Waals surface area contributed by atoms with Crippen LogP contribution in [-0.2, 0) is 11.2 Å². The third-order valence-corrected chi connectivity index (χ3v) is 4.09. The Labute approximate surface area is 125 Å². The van der Waals surface area contributed by atoms with Crippen molar-refractivity contribution in [2.75, 3.05) is 16.8 Å². The average molecular weight is 280 g/mol. The Morgan fingerprint density at radius 1 is 1.19 bits per heavy atom. The van der Waals surface area contributed by atoms with E-state index >= 15 is 0 Å². The topological polar surface area (TPSA) is 32.3 Å². The Bertz CT molecular complexity index is 652. The number of anilines is 2. The van der Waals surface area contributed by atoms with Crippen LogP contribution in [0.3, 0.4) is 0 Å². The first kappa shape index (κ1) is 13.7. The van der Waals surface area contributed by atoms with Gasteiger partial charge in [0.15, 0.2) is 0 Å².